The first-order valence-electron chi connectivity index (χ1n) is 7.70. The molecule has 0 fully saturated rings. The van der Waals surface area contributed by atoms with Crippen molar-refractivity contribution in [3.63, 3.8) is 0 Å². The molecule has 2 rings (SSSR count). The van der Waals surface area contributed by atoms with Gasteiger partial charge in [0.05, 0.1) is 37.4 Å². The van der Waals surface area contributed by atoms with Gasteiger partial charge in [-0.15, -0.1) is 0 Å². The van der Waals surface area contributed by atoms with Gasteiger partial charge in [-0.25, -0.2) is 14.2 Å². The van der Waals surface area contributed by atoms with Crippen molar-refractivity contribution in [2.24, 2.45) is 0 Å². The standard InChI is InChI=1S/C18H21NO6/c1-18(2,3)25-17(22)19-12-9-7-6-8-11(12)15(16(21)24-5)13(19)10-14(20)23-4/h6-9H,10H2,1-5H3. The van der Waals surface area contributed by atoms with Gasteiger partial charge in [0.25, 0.3) is 0 Å². The second kappa shape index (κ2) is 6.96. The molecule has 7 heteroatoms. The number of fused-ring (bicyclic) bond motifs is 1. The Kier molecular flexibility index (Phi) is 5.15. The number of esters is 2. The molecule has 0 N–H and O–H groups in total. The van der Waals surface area contributed by atoms with E-state index in [2.05, 4.69) is 0 Å². The first-order valence-corrected chi connectivity index (χ1v) is 7.70. The molecule has 134 valence electrons. The molecule has 0 spiro atoms. The minimum atomic E-state index is -0.740. The minimum absolute atomic E-state index is 0.148. The molecule has 25 heavy (non-hydrogen) atoms. The quantitative estimate of drug-likeness (QED) is 0.627. The van der Waals surface area contributed by atoms with E-state index in [1.807, 2.05) is 0 Å². The Morgan fingerprint density at radius 1 is 1.04 bits per heavy atom. The van der Waals surface area contributed by atoms with Crippen LogP contribution in [0, 0.1) is 0 Å². The van der Waals surface area contributed by atoms with Gasteiger partial charge in [-0.3, -0.25) is 4.79 Å². The summed E-state index contributed by atoms with van der Waals surface area (Å²) in [4.78, 5) is 36.9. The molecule has 1 aromatic carbocycles. The van der Waals surface area contributed by atoms with Crippen LogP contribution in [0.1, 0.15) is 36.8 Å². The zero-order valence-corrected chi connectivity index (χ0v) is 14.9. The van der Waals surface area contributed by atoms with E-state index in [9.17, 15) is 14.4 Å². The maximum atomic E-state index is 12.7. The number of carbonyl (C=O) groups is 3. The molecule has 0 radical (unpaired) electrons. The number of nitrogens with zero attached hydrogens (tertiary/aromatic N) is 1. The zero-order valence-electron chi connectivity index (χ0n) is 14.9. The van der Waals surface area contributed by atoms with Crippen molar-refractivity contribution < 1.29 is 28.6 Å². The highest BCUT2D eigenvalue weighted by atomic mass is 16.6. The fraction of sp³-hybridized carbons (Fsp3) is 0.389. The molecule has 7 nitrogen and oxygen atoms in total. The van der Waals surface area contributed by atoms with Crippen molar-refractivity contribution in [2.75, 3.05) is 14.2 Å². The van der Waals surface area contributed by atoms with Gasteiger partial charge >= 0.3 is 18.0 Å². The number of rotatable bonds is 3. The second-order valence-electron chi connectivity index (χ2n) is 6.40. The number of aromatic nitrogens is 1. The monoisotopic (exact) mass is 347 g/mol. The van der Waals surface area contributed by atoms with E-state index in [1.165, 1.54) is 18.8 Å². The van der Waals surface area contributed by atoms with Crippen molar-refractivity contribution in [3.8, 4) is 0 Å². The molecule has 0 amide bonds. The molecule has 2 aromatic rings. The Morgan fingerprint density at radius 3 is 2.24 bits per heavy atom. The Bertz CT molecular complexity index is 828. The summed E-state index contributed by atoms with van der Waals surface area (Å²) in [6, 6.07) is 6.82. The van der Waals surface area contributed by atoms with Crippen molar-refractivity contribution in [3.05, 3.63) is 35.5 Å². The van der Waals surface area contributed by atoms with Gasteiger partial charge in [0, 0.05) is 5.39 Å². The molecule has 0 aliphatic carbocycles. The van der Waals surface area contributed by atoms with E-state index >= 15 is 0 Å². The molecule has 0 aliphatic heterocycles. The lowest BCUT2D eigenvalue weighted by atomic mass is 10.1. The van der Waals surface area contributed by atoms with Crippen LogP contribution < -0.4 is 0 Å². The predicted molar refractivity (Wildman–Crippen MR) is 90.6 cm³/mol. The molecule has 1 aromatic heterocycles. The highest BCUT2D eigenvalue weighted by Gasteiger charge is 2.30. The maximum absolute atomic E-state index is 12.7. The Balaban J connectivity index is 2.76. The fourth-order valence-corrected chi connectivity index (χ4v) is 2.51. The number of para-hydroxylation sites is 1. The fourth-order valence-electron chi connectivity index (χ4n) is 2.51. The lowest BCUT2D eigenvalue weighted by Gasteiger charge is -2.21. The van der Waals surface area contributed by atoms with Crippen molar-refractivity contribution >= 4 is 28.9 Å². The first kappa shape index (κ1) is 18.5. The second-order valence-corrected chi connectivity index (χ2v) is 6.40. The lowest BCUT2D eigenvalue weighted by molar-refractivity contribution is -0.139. The summed E-state index contributed by atoms with van der Waals surface area (Å²) in [6.45, 7) is 5.20. The normalized spacial score (nSPS) is 11.2. The summed E-state index contributed by atoms with van der Waals surface area (Å²) in [5.41, 5.74) is 0.0377. The molecule has 0 aliphatic rings. The largest absolute Gasteiger partial charge is 0.469 e. The van der Waals surface area contributed by atoms with Gasteiger partial charge in [0.1, 0.15) is 5.60 Å². The summed E-state index contributed by atoms with van der Waals surface area (Å²) in [5.74, 6) is -1.23. The smallest absolute Gasteiger partial charge is 0.419 e. The number of carbonyl (C=O) groups excluding carboxylic acids is 3. The van der Waals surface area contributed by atoms with Crippen LogP contribution in [0.3, 0.4) is 0 Å². The molecular weight excluding hydrogens is 326 g/mol. The third-order valence-electron chi connectivity index (χ3n) is 3.48. The highest BCUT2D eigenvalue weighted by Crippen LogP contribution is 2.29. The van der Waals surface area contributed by atoms with Gasteiger partial charge in [-0.1, -0.05) is 18.2 Å². The third kappa shape index (κ3) is 3.81. The molecule has 0 atom stereocenters. The summed E-state index contributed by atoms with van der Waals surface area (Å²) >= 11 is 0. The van der Waals surface area contributed by atoms with Gasteiger partial charge in [-0.05, 0) is 26.8 Å². The van der Waals surface area contributed by atoms with Crippen molar-refractivity contribution in [1.82, 2.24) is 4.57 Å². The topological polar surface area (TPSA) is 83.8 Å². The van der Waals surface area contributed by atoms with Crippen LogP contribution in [0.5, 0.6) is 0 Å². The summed E-state index contributed by atoms with van der Waals surface area (Å²) in [7, 11) is 2.48. The van der Waals surface area contributed by atoms with Crippen LogP contribution >= 0.6 is 0 Å². The first-order chi connectivity index (χ1) is 11.7. The maximum Gasteiger partial charge on any atom is 0.419 e. The predicted octanol–water partition coefficient (Wildman–Crippen LogP) is 2.93. The molecular formula is C18H21NO6. The number of benzene rings is 1. The number of hydrogen-bond donors (Lipinski definition) is 0. The van der Waals surface area contributed by atoms with E-state index in [4.69, 9.17) is 14.2 Å². The summed E-state index contributed by atoms with van der Waals surface area (Å²) < 4.78 is 16.2. The van der Waals surface area contributed by atoms with E-state index in [1.54, 1.807) is 45.0 Å². The summed E-state index contributed by atoms with van der Waals surface area (Å²) in [5, 5.41) is 0.499. The van der Waals surface area contributed by atoms with Crippen LogP contribution in [-0.2, 0) is 25.4 Å². The zero-order chi connectivity index (χ0) is 18.8. The number of hydrogen-bond acceptors (Lipinski definition) is 6. The Morgan fingerprint density at radius 2 is 1.68 bits per heavy atom. The Labute approximate surface area is 145 Å². The average Bonchev–Trinajstić information content (AvgIpc) is 2.86. The van der Waals surface area contributed by atoms with E-state index < -0.39 is 23.6 Å². The van der Waals surface area contributed by atoms with Crippen LogP contribution in [-0.4, -0.2) is 42.4 Å². The van der Waals surface area contributed by atoms with E-state index in [0.29, 0.717) is 10.9 Å². The van der Waals surface area contributed by atoms with Crippen LogP contribution in [0.25, 0.3) is 10.9 Å². The molecule has 0 bridgehead atoms. The lowest BCUT2D eigenvalue weighted by Crippen LogP contribution is -2.29. The van der Waals surface area contributed by atoms with Crippen LogP contribution in [0.2, 0.25) is 0 Å². The van der Waals surface area contributed by atoms with E-state index in [-0.39, 0.29) is 17.7 Å². The molecule has 0 saturated heterocycles. The average molecular weight is 347 g/mol. The van der Waals surface area contributed by atoms with Gasteiger partial charge < -0.3 is 14.2 Å². The van der Waals surface area contributed by atoms with Crippen LogP contribution in [0.4, 0.5) is 4.79 Å². The SMILES string of the molecule is COC(=O)Cc1c(C(=O)OC)c2ccccc2n1C(=O)OC(C)(C)C. The van der Waals surface area contributed by atoms with Crippen molar-refractivity contribution in [1.29, 1.82) is 0 Å². The molecule has 1 heterocycles. The third-order valence-corrected chi connectivity index (χ3v) is 3.48. The van der Waals surface area contributed by atoms with Gasteiger partial charge in [-0.2, -0.15) is 0 Å². The Hall–Kier alpha value is -2.83. The number of methoxy groups -OCH3 is 2. The van der Waals surface area contributed by atoms with Crippen LogP contribution in [0.15, 0.2) is 24.3 Å². The molecule has 0 unspecified atom stereocenters. The molecule has 0 saturated carbocycles. The van der Waals surface area contributed by atoms with Crippen molar-refractivity contribution in [2.45, 2.75) is 32.8 Å². The van der Waals surface area contributed by atoms with E-state index in [0.717, 1.165) is 0 Å². The van der Waals surface area contributed by atoms with Gasteiger partial charge in [0.15, 0.2) is 0 Å². The highest BCUT2D eigenvalue weighted by molar-refractivity contribution is 6.09. The summed E-state index contributed by atoms with van der Waals surface area (Å²) in [6.07, 6.45) is -0.952. The minimum Gasteiger partial charge on any atom is -0.469 e. The van der Waals surface area contributed by atoms with Gasteiger partial charge in [0.2, 0.25) is 0 Å². The number of ether oxygens (including phenoxy) is 3.